The summed E-state index contributed by atoms with van der Waals surface area (Å²) in [6.07, 6.45) is 5.66. The van der Waals surface area contributed by atoms with Crippen molar-refractivity contribution in [3.05, 3.63) is 48.6 Å². The van der Waals surface area contributed by atoms with E-state index in [1.165, 1.54) is 6.42 Å². The predicted octanol–water partition coefficient (Wildman–Crippen LogP) is 3.86. The molecule has 1 saturated carbocycles. The third kappa shape index (κ3) is 4.78. The van der Waals surface area contributed by atoms with Gasteiger partial charge in [-0.2, -0.15) is 0 Å². The predicted molar refractivity (Wildman–Crippen MR) is 102 cm³/mol. The van der Waals surface area contributed by atoms with Crippen LogP contribution in [0.25, 0.3) is 0 Å². The van der Waals surface area contributed by atoms with Gasteiger partial charge in [0.25, 0.3) is 0 Å². The fourth-order valence-corrected chi connectivity index (χ4v) is 3.97. The van der Waals surface area contributed by atoms with Crippen molar-refractivity contribution in [3.8, 4) is 0 Å². The average Bonchev–Trinajstić information content (AvgIpc) is 3.10. The largest absolute Gasteiger partial charge is 0.458 e. The van der Waals surface area contributed by atoms with Crippen LogP contribution in [0.15, 0.2) is 43.0 Å². The van der Waals surface area contributed by atoms with Crippen LogP contribution in [0.3, 0.4) is 0 Å². The standard InChI is InChI=1S/C22H30O5/c1-3-10-18(26-21(24)17-11-6-4-7-12-17)16(2)20(23)19-15-25-22(27-19)13-8-5-9-14-22/h3-4,6-7,11-12,16,18-20,23H,1,5,8-10,13-15H2,2H3/t16-,18-,19+,20-/m0/s1. The zero-order valence-corrected chi connectivity index (χ0v) is 16.0. The Balaban J connectivity index is 1.62. The lowest BCUT2D eigenvalue weighted by atomic mass is 9.91. The van der Waals surface area contributed by atoms with E-state index in [9.17, 15) is 9.90 Å². The van der Waals surface area contributed by atoms with E-state index >= 15 is 0 Å². The molecule has 0 unspecified atom stereocenters. The molecule has 2 aliphatic rings. The number of esters is 1. The molecule has 0 bridgehead atoms. The summed E-state index contributed by atoms with van der Waals surface area (Å²) in [6.45, 7) is 6.01. The van der Waals surface area contributed by atoms with Crippen molar-refractivity contribution in [2.75, 3.05) is 6.61 Å². The van der Waals surface area contributed by atoms with Crippen LogP contribution in [0, 0.1) is 5.92 Å². The second kappa shape index (κ2) is 9.00. The molecule has 1 aliphatic carbocycles. The number of ether oxygens (including phenoxy) is 3. The molecule has 1 aliphatic heterocycles. The quantitative estimate of drug-likeness (QED) is 0.580. The Morgan fingerprint density at radius 2 is 2.04 bits per heavy atom. The Bertz CT molecular complexity index is 623. The summed E-state index contributed by atoms with van der Waals surface area (Å²) < 4.78 is 17.8. The van der Waals surface area contributed by atoms with Crippen LogP contribution in [0.4, 0.5) is 0 Å². The average molecular weight is 374 g/mol. The molecule has 3 rings (SSSR count). The zero-order valence-electron chi connectivity index (χ0n) is 16.0. The molecule has 1 N–H and O–H groups in total. The number of aliphatic hydroxyl groups is 1. The molecule has 0 aromatic heterocycles. The monoisotopic (exact) mass is 374 g/mol. The minimum absolute atomic E-state index is 0.303. The van der Waals surface area contributed by atoms with Gasteiger partial charge in [-0.05, 0) is 25.0 Å². The molecule has 2 fully saturated rings. The van der Waals surface area contributed by atoms with Gasteiger partial charge >= 0.3 is 5.97 Å². The summed E-state index contributed by atoms with van der Waals surface area (Å²) in [6, 6.07) is 8.88. The molecule has 148 valence electrons. The lowest BCUT2D eigenvalue weighted by Crippen LogP contribution is -2.42. The van der Waals surface area contributed by atoms with Gasteiger partial charge in [0.15, 0.2) is 5.79 Å². The fourth-order valence-electron chi connectivity index (χ4n) is 3.97. The third-order valence-electron chi connectivity index (χ3n) is 5.67. The lowest BCUT2D eigenvalue weighted by molar-refractivity contribution is -0.200. The molecule has 5 heteroatoms. The van der Waals surface area contributed by atoms with E-state index in [0.717, 1.165) is 25.7 Å². The molecule has 1 spiro atoms. The maximum atomic E-state index is 12.4. The maximum absolute atomic E-state index is 12.4. The van der Waals surface area contributed by atoms with Crippen molar-refractivity contribution in [3.63, 3.8) is 0 Å². The fraction of sp³-hybridized carbons (Fsp3) is 0.591. The maximum Gasteiger partial charge on any atom is 0.338 e. The highest BCUT2D eigenvalue weighted by Crippen LogP contribution is 2.39. The minimum Gasteiger partial charge on any atom is -0.458 e. The van der Waals surface area contributed by atoms with Crippen LogP contribution in [-0.2, 0) is 14.2 Å². The van der Waals surface area contributed by atoms with E-state index in [4.69, 9.17) is 14.2 Å². The zero-order chi connectivity index (χ0) is 19.3. The first-order valence-electron chi connectivity index (χ1n) is 9.91. The van der Waals surface area contributed by atoms with Gasteiger partial charge in [0.2, 0.25) is 0 Å². The number of rotatable bonds is 7. The van der Waals surface area contributed by atoms with Gasteiger partial charge in [0.1, 0.15) is 12.2 Å². The van der Waals surface area contributed by atoms with Crippen molar-refractivity contribution in [1.29, 1.82) is 0 Å². The smallest absolute Gasteiger partial charge is 0.338 e. The number of carbonyl (C=O) groups excluding carboxylic acids is 1. The van der Waals surface area contributed by atoms with Gasteiger partial charge < -0.3 is 19.3 Å². The minimum atomic E-state index is -0.778. The van der Waals surface area contributed by atoms with Crippen LogP contribution in [0.5, 0.6) is 0 Å². The number of carbonyl (C=O) groups is 1. The highest BCUT2D eigenvalue weighted by atomic mass is 16.7. The van der Waals surface area contributed by atoms with Crippen molar-refractivity contribution in [2.24, 2.45) is 5.92 Å². The number of aliphatic hydroxyl groups excluding tert-OH is 1. The molecule has 27 heavy (non-hydrogen) atoms. The van der Waals surface area contributed by atoms with Crippen LogP contribution in [0.2, 0.25) is 0 Å². The summed E-state index contributed by atoms with van der Waals surface area (Å²) >= 11 is 0. The molecular formula is C22H30O5. The molecule has 0 radical (unpaired) electrons. The van der Waals surface area contributed by atoms with Crippen LogP contribution in [-0.4, -0.2) is 41.8 Å². The molecule has 4 atom stereocenters. The molecule has 5 nitrogen and oxygen atoms in total. The van der Waals surface area contributed by atoms with Gasteiger partial charge in [-0.1, -0.05) is 37.6 Å². The first kappa shape index (κ1) is 20.1. The number of hydrogen-bond acceptors (Lipinski definition) is 5. The summed E-state index contributed by atoms with van der Waals surface area (Å²) in [5.41, 5.74) is 0.495. The van der Waals surface area contributed by atoms with Gasteiger partial charge in [-0.3, -0.25) is 0 Å². The number of hydrogen-bond donors (Lipinski definition) is 1. The van der Waals surface area contributed by atoms with E-state index < -0.39 is 30.1 Å². The molecule has 0 amide bonds. The highest BCUT2D eigenvalue weighted by molar-refractivity contribution is 5.89. The SMILES string of the molecule is C=CC[C@H](OC(=O)c1ccccc1)[C@H](C)[C@H](O)[C@H]1COC2(CCCCC2)O1. The van der Waals surface area contributed by atoms with Gasteiger partial charge in [0, 0.05) is 25.2 Å². The molecule has 1 saturated heterocycles. The summed E-state index contributed by atoms with van der Waals surface area (Å²) in [7, 11) is 0. The molecule has 1 aromatic rings. The summed E-state index contributed by atoms with van der Waals surface area (Å²) in [4.78, 5) is 12.4. The van der Waals surface area contributed by atoms with Crippen molar-refractivity contribution in [1.82, 2.24) is 0 Å². The normalized spacial score (nSPS) is 24.9. The van der Waals surface area contributed by atoms with Crippen molar-refractivity contribution in [2.45, 2.75) is 69.5 Å². The summed E-state index contributed by atoms with van der Waals surface area (Å²) in [5, 5.41) is 10.9. The Morgan fingerprint density at radius 3 is 2.70 bits per heavy atom. The first-order chi connectivity index (χ1) is 13.0. The first-order valence-corrected chi connectivity index (χ1v) is 9.91. The lowest BCUT2D eigenvalue weighted by Gasteiger charge is -2.34. The second-order valence-electron chi connectivity index (χ2n) is 7.62. The second-order valence-corrected chi connectivity index (χ2v) is 7.62. The number of benzene rings is 1. The van der Waals surface area contributed by atoms with Crippen LogP contribution < -0.4 is 0 Å². The van der Waals surface area contributed by atoms with Crippen molar-refractivity contribution < 1.29 is 24.1 Å². The Hall–Kier alpha value is -1.69. The van der Waals surface area contributed by atoms with E-state index in [2.05, 4.69) is 6.58 Å². The van der Waals surface area contributed by atoms with E-state index in [-0.39, 0.29) is 5.92 Å². The van der Waals surface area contributed by atoms with E-state index in [1.807, 2.05) is 13.0 Å². The van der Waals surface area contributed by atoms with E-state index in [1.54, 1.807) is 30.3 Å². The Kier molecular flexibility index (Phi) is 6.68. The van der Waals surface area contributed by atoms with Gasteiger partial charge in [0.05, 0.1) is 18.3 Å². The van der Waals surface area contributed by atoms with Crippen LogP contribution >= 0.6 is 0 Å². The van der Waals surface area contributed by atoms with E-state index in [0.29, 0.717) is 18.6 Å². The van der Waals surface area contributed by atoms with Gasteiger partial charge in [-0.25, -0.2) is 4.79 Å². The Morgan fingerprint density at radius 1 is 1.33 bits per heavy atom. The molecule has 1 heterocycles. The Labute approximate surface area is 161 Å². The van der Waals surface area contributed by atoms with Crippen molar-refractivity contribution >= 4 is 5.97 Å². The molecule has 1 aromatic carbocycles. The third-order valence-corrected chi connectivity index (χ3v) is 5.67. The highest BCUT2D eigenvalue weighted by Gasteiger charge is 2.46. The topological polar surface area (TPSA) is 65.0 Å². The van der Waals surface area contributed by atoms with Crippen LogP contribution in [0.1, 0.15) is 55.8 Å². The summed E-state index contributed by atoms with van der Waals surface area (Å²) in [5.74, 6) is -1.23. The van der Waals surface area contributed by atoms with Gasteiger partial charge in [-0.15, -0.1) is 6.58 Å². The molecular weight excluding hydrogens is 344 g/mol.